The summed E-state index contributed by atoms with van der Waals surface area (Å²) in [6.07, 6.45) is 4.03. The van der Waals surface area contributed by atoms with Gasteiger partial charge >= 0.3 is 0 Å². The molecule has 1 saturated heterocycles. The molecule has 0 radical (unpaired) electrons. The van der Waals surface area contributed by atoms with Gasteiger partial charge in [-0.2, -0.15) is 0 Å². The largest absolute Gasteiger partial charge is 0.376 e. The van der Waals surface area contributed by atoms with Crippen LogP contribution in [0.15, 0.2) is 6.33 Å². The highest BCUT2D eigenvalue weighted by atomic mass is 16.5. The van der Waals surface area contributed by atoms with Crippen LogP contribution in [0, 0.1) is 6.92 Å². The molecule has 0 aromatic carbocycles. The molecule has 2 rings (SSSR count). The summed E-state index contributed by atoms with van der Waals surface area (Å²) in [4.78, 5) is 8.19. The van der Waals surface area contributed by atoms with Crippen LogP contribution in [0.25, 0.3) is 0 Å². The van der Waals surface area contributed by atoms with Gasteiger partial charge in [-0.05, 0) is 19.8 Å². The molecule has 1 aromatic heterocycles. The molecule has 1 aliphatic rings. The first-order chi connectivity index (χ1) is 7.81. The molecule has 0 aliphatic carbocycles. The summed E-state index contributed by atoms with van der Waals surface area (Å²) in [5, 5.41) is 3.26. The smallest absolute Gasteiger partial charge is 0.148 e. The summed E-state index contributed by atoms with van der Waals surface area (Å²) in [6, 6.07) is 0. The van der Waals surface area contributed by atoms with E-state index in [1.807, 2.05) is 6.92 Å². The van der Waals surface area contributed by atoms with Crippen LogP contribution in [-0.4, -0.2) is 29.2 Å². The van der Waals surface area contributed by atoms with Crippen molar-refractivity contribution < 1.29 is 4.74 Å². The monoisotopic (exact) mass is 223 g/mol. The van der Waals surface area contributed by atoms with Crippen molar-refractivity contribution >= 4 is 11.6 Å². The lowest BCUT2D eigenvalue weighted by molar-refractivity contribution is 0.120. The van der Waals surface area contributed by atoms with Crippen LogP contribution in [0.2, 0.25) is 0 Å². The van der Waals surface area contributed by atoms with Crippen LogP contribution in [0.3, 0.4) is 0 Å². The Kier molecular flexibility index (Phi) is 3.53. The molecular formula is C10H17N5O. The van der Waals surface area contributed by atoms with Gasteiger partial charge in [0.2, 0.25) is 0 Å². The van der Waals surface area contributed by atoms with E-state index in [1.165, 1.54) is 6.33 Å². The van der Waals surface area contributed by atoms with Gasteiger partial charge in [0.1, 0.15) is 18.0 Å². The first-order valence-corrected chi connectivity index (χ1v) is 5.45. The molecular weight excluding hydrogens is 206 g/mol. The maximum atomic E-state index is 5.52. The third-order valence-corrected chi connectivity index (χ3v) is 2.74. The number of aromatic nitrogens is 2. The number of ether oxygens (including phenoxy) is 1. The molecule has 1 aliphatic heterocycles. The Labute approximate surface area is 94.6 Å². The van der Waals surface area contributed by atoms with E-state index in [-0.39, 0.29) is 0 Å². The fourth-order valence-electron chi connectivity index (χ4n) is 1.79. The minimum atomic E-state index is 0.295. The van der Waals surface area contributed by atoms with Crippen molar-refractivity contribution in [3.05, 3.63) is 11.9 Å². The Hall–Kier alpha value is -1.40. The molecule has 6 nitrogen and oxygen atoms in total. The number of nitrogens with zero attached hydrogens (tertiary/aromatic N) is 2. The number of hydrazine groups is 1. The van der Waals surface area contributed by atoms with Gasteiger partial charge in [-0.3, -0.25) is 0 Å². The molecule has 1 unspecified atom stereocenters. The quantitative estimate of drug-likeness (QED) is 0.513. The zero-order chi connectivity index (χ0) is 11.4. The predicted molar refractivity (Wildman–Crippen MR) is 62.0 cm³/mol. The van der Waals surface area contributed by atoms with E-state index in [2.05, 4.69) is 20.7 Å². The Morgan fingerprint density at radius 3 is 3.00 bits per heavy atom. The highest BCUT2D eigenvalue weighted by molar-refractivity contribution is 5.55. The van der Waals surface area contributed by atoms with Gasteiger partial charge in [-0.15, -0.1) is 0 Å². The topological polar surface area (TPSA) is 85.1 Å². The molecule has 16 heavy (non-hydrogen) atoms. The van der Waals surface area contributed by atoms with E-state index in [0.29, 0.717) is 11.9 Å². The van der Waals surface area contributed by atoms with Gasteiger partial charge in [0.25, 0.3) is 0 Å². The highest BCUT2D eigenvalue weighted by Crippen LogP contribution is 2.18. The molecule has 0 amide bonds. The summed E-state index contributed by atoms with van der Waals surface area (Å²) in [7, 11) is 0. The number of nitrogens with two attached hydrogens (primary N) is 1. The van der Waals surface area contributed by atoms with Crippen LogP contribution in [-0.2, 0) is 4.74 Å². The van der Waals surface area contributed by atoms with E-state index >= 15 is 0 Å². The molecule has 4 N–H and O–H groups in total. The molecule has 6 heteroatoms. The van der Waals surface area contributed by atoms with Crippen molar-refractivity contribution in [2.45, 2.75) is 25.9 Å². The molecule has 2 heterocycles. The molecule has 0 saturated carbocycles. The summed E-state index contributed by atoms with van der Waals surface area (Å²) in [5.41, 5.74) is 3.46. The fourth-order valence-corrected chi connectivity index (χ4v) is 1.79. The molecule has 88 valence electrons. The molecule has 1 atom stereocenters. The van der Waals surface area contributed by atoms with Crippen molar-refractivity contribution in [2.75, 3.05) is 23.9 Å². The van der Waals surface area contributed by atoms with Crippen LogP contribution in [0.5, 0.6) is 0 Å². The number of anilines is 2. The standard InChI is InChI=1S/C10H17N5O/c1-7-9(13-6-14-10(7)15-11)12-5-8-3-2-4-16-8/h6,8H,2-5,11H2,1H3,(H2,12,13,14,15). The maximum absolute atomic E-state index is 5.52. The number of nitrogens with one attached hydrogen (secondary N) is 2. The highest BCUT2D eigenvalue weighted by Gasteiger charge is 2.15. The van der Waals surface area contributed by atoms with Gasteiger partial charge in [-0.1, -0.05) is 0 Å². The van der Waals surface area contributed by atoms with Gasteiger partial charge in [0.15, 0.2) is 0 Å². The Morgan fingerprint density at radius 1 is 1.50 bits per heavy atom. The molecule has 1 fully saturated rings. The summed E-state index contributed by atoms with van der Waals surface area (Å²) in [5.74, 6) is 6.79. The van der Waals surface area contributed by atoms with Crippen molar-refractivity contribution in [2.24, 2.45) is 5.84 Å². The van der Waals surface area contributed by atoms with Crippen molar-refractivity contribution in [3.63, 3.8) is 0 Å². The van der Waals surface area contributed by atoms with Gasteiger partial charge < -0.3 is 15.5 Å². The van der Waals surface area contributed by atoms with Gasteiger partial charge in [0, 0.05) is 18.7 Å². The average molecular weight is 223 g/mol. The van der Waals surface area contributed by atoms with Crippen LogP contribution in [0.4, 0.5) is 11.6 Å². The predicted octanol–water partition coefficient (Wildman–Crippen LogP) is 0.662. The average Bonchev–Trinajstić information content (AvgIpc) is 2.81. The lowest BCUT2D eigenvalue weighted by Gasteiger charge is -2.13. The van der Waals surface area contributed by atoms with E-state index in [1.54, 1.807) is 0 Å². The van der Waals surface area contributed by atoms with Crippen molar-refractivity contribution in [1.29, 1.82) is 0 Å². The first kappa shape index (κ1) is 11.1. The Balaban J connectivity index is 1.97. The Morgan fingerprint density at radius 2 is 2.31 bits per heavy atom. The van der Waals surface area contributed by atoms with Gasteiger partial charge in [-0.25, -0.2) is 15.8 Å². The molecule has 1 aromatic rings. The van der Waals surface area contributed by atoms with E-state index < -0.39 is 0 Å². The second kappa shape index (κ2) is 5.09. The van der Waals surface area contributed by atoms with Crippen LogP contribution >= 0.6 is 0 Å². The van der Waals surface area contributed by atoms with Gasteiger partial charge in [0.05, 0.1) is 6.10 Å². The Bertz CT molecular complexity index is 351. The van der Waals surface area contributed by atoms with E-state index in [9.17, 15) is 0 Å². The molecule has 0 bridgehead atoms. The number of rotatable bonds is 4. The summed E-state index contributed by atoms with van der Waals surface area (Å²) < 4.78 is 5.52. The third-order valence-electron chi connectivity index (χ3n) is 2.74. The number of hydrogen-bond acceptors (Lipinski definition) is 6. The third kappa shape index (κ3) is 2.40. The normalized spacial score (nSPS) is 19.8. The zero-order valence-corrected chi connectivity index (χ0v) is 9.36. The molecule has 0 spiro atoms. The number of nitrogen functional groups attached to an aromatic ring is 1. The van der Waals surface area contributed by atoms with E-state index in [4.69, 9.17) is 10.6 Å². The second-order valence-corrected chi connectivity index (χ2v) is 3.86. The first-order valence-electron chi connectivity index (χ1n) is 5.45. The lowest BCUT2D eigenvalue weighted by atomic mass is 10.2. The minimum Gasteiger partial charge on any atom is -0.376 e. The fraction of sp³-hybridized carbons (Fsp3) is 0.600. The van der Waals surface area contributed by atoms with Crippen LogP contribution in [0.1, 0.15) is 18.4 Å². The van der Waals surface area contributed by atoms with Crippen molar-refractivity contribution in [3.8, 4) is 0 Å². The summed E-state index contributed by atoms with van der Waals surface area (Å²) in [6.45, 7) is 3.57. The van der Waals surface area contributed by atoms with Crippen LogP contribution < -0.4 is 16.6 Å². The maximum Gasteiger partial charge on any atom is 0.148 e. The zero-order valence-electron chi connectivity index (χ0n) is 9.36. The SMILES string of the molecule is Cc1c(NN)ncnc1NCC1CCCO1. The lowest BCUT2D eigenvalue weighted by Crippen LogP contribution is -2.20. The number of hydrogen-bond donors (Lipinski definition) is 3. The van der Waals surface area contributed by atoms with Crippen molar-refractivity contribution in [1.82, 2.24) is 9.97 Å². The van der Waals surface area contributed by atoms with E-state index in [0.717, 1.165) is 37.4 Å². The minimum absolute atomic E-state index is 0.295. The second-order valence-electron chi connectivity index (χ2n) is 3.86. The summed E-state index contributed by atoms with van der Waals surface area (Å²) >= 11 is 0.